The molecule has 4 rings (SSSR count). The first-order valence-corrected chi connectivity index (χ1v) is 10.9. The molecule has 0 radical (unpaired) electrons. The van der Waals surface area contributed by atoms with Gasteiger partial charge in [0, 0.05) is 0 Å². The summed E-state index contributed by atoms with van der Waals surface area (Å²) in [7, 11) is 1.37. The van der Waals surface area contributed by atoms with Crippen molar-refractivity contribution in [3.05, 3.63) is 82.9 Å². The molecule has 1 saturated heterocycles. The molecule has 4 N–H and O–H groups in total. The van der Waals surface area contributed by atoms with Gasteiger partial charge in [0.25, 0.3) is 0 Å². The fourth-order valence-electron chi connectivity index (χ4n) is 4.47. The van der Waals surface area contributed by atoms with Crippen LogP contribution in [0.1, 0.15) is 33.2 Å². The summed E-state index contributed by atoms with van der Waals surface area (Å²) in [6, 6.07) is 19.0. The third-order valence-electron chi connectivity index (χ3n) is 6.24. The zero-order valence-corrected chi connectivity index (χ0v) is 18.3. The van der Waals surface area contributed by atoms with E-state index >= 15 is 0 Å². The Bertz CT molecular complexity index is 1080. The minimum atomic E-state index is -1.43. The Kier molecular flexibility index (Phi) is 7.07. The van der Waals surface area contributed by atoms with Crippen LogP contribution in [0.4, 0.5) is 0 Å². The highest BCUT2D eigenvalue weighted by molar-refractivity contribution is 6.00. The Labute approximate surface area is 192 Å². The van der Waals surface area contributed by atoms with Crippen molar-refractivity contribution >= 4 is 5.97 Å². The highest BCUT2D eigenvalue weighted by atomic mass is 16.5. The number of aliphatic hydroxyl groups excluding tert-OH is 4. The van der Waals surface area contributed by atoms with E-state index in [1.807, 2.05) is 54.6 Å². The number of hydrogen-bond acceptors (Lipinski definition) is 7. The predicted molar refractivity (Wildman–Crippen MR) is 121 cm³/mol. The molecule has 0 spiro atoms. The number of methoxy groups -OCH3 is 1. The Morgan fingerprint density at radius 3 is 2.48 bits per heavy atom. The maximum atomic E-state index is 12.5. The summed E-state index contributed by atoms with van der Waals surface area (Å²) in [6.45, 7) is -0.472. The van der Waals surface area contributed by atoms with E-state index in [1.165, 1.54) is 7.11 Å². The molecule has 2 aliphatic carbocycles. The lowest BCUT2D eigenvalue weighted by atomic mass is 9.90. The van der Waals surface area contributed by atoms with Crippen LogP contribution in [-0.2, 0) is 22.3 Å². The van der Waals surface area contributed by atoms with Gasteiger partial charge in [-0.1, -0.05) is 60.7 Å². The van der Waals surface area contributed by atoms with Crippen molar-refractivity contribution in [2.75, 3.05) is 13.7 Å². The van der Waals surface area contributed by atoms with Crippen molar-refractivity contribution in [1.82, 2.24) is 0 Å². The highest BCUT2D eigenvalue weighted by Gasteiger charge is 2.43. The van der Waals surface area contributed by atoms with Gasteiger partial charge in [0.15, 0.2) is 0 Å². The molecule has 0 saturated carbocycles. The molecule has 33 heavy (non-hydrogen) atoms. The average Bonchev–Trinajstić information content (AvgIpc) is 3.01. The molecule has 1 heterocycles. The van der Waals surface area contributed by atoms with Gasteiger partial charge in [0.2, 0.25) is 0 Å². The summed E-state index contributed by atoms with van der Waals surface area (Å²) in [5, 5.41) is 40.0. The smallest absolute Gasteiger partial charge is 0.338 e. The Balaban J connectivity index is 1.58. The van der Waals surface area contributed by atoms with Gasteiger partial charge in [-0.25, -0.2) is 4.79 Å². The highest BCUT2D eigenvalue weighted by Crippen LogP contribution is 2.34. The summed E-state index contributed by atoms with van der Waals surface area (Å²) in [5.41, 5.74) is 4.85. The molecule has 3 aliphatic rings. The molecule has 174 valence electrons. The zero-order chi connectivity index (χ0) is 23.5. The van der Waals surface area contributed by atoms with Gasteiger partial charge in [0.1, 0.15) is 30.5 Å². The lowest BCUT2D eigenvalue weighted by molar-refractivity contribution is -0.231. The fraction of sp³-hybridized carbons (Fsp3) is 0.346. The van der Waals surface area contributed by atoms with Crippen LogP contribution in [0, 0.1) is 0 Å². The van der Waals surface area contributed by atoms with Crippen LogP contribution in [0.5, 0.6) is 0 Å². The first-order chi connectivity index (χ1) is 15.9. The zero-order valence-electron chi connectivity index (χ0n) is 18.3. The van der Waals surface area contributed by atoms with Crippen LogP contribution in [0.15, 0.2) is 60.7 Å². The molecule has 5 atom stereocenters. The first-order valence-electron chi connectivity index (χ1n) is 10.9. The van der Waals surface area contributed by atoms with Crippen LogP contribution < -0.4 is 0 Å². The Morgan fingerprint density at radius 2 is 1.73 bits per heavy atom. The molecular formula is C26H28O7. The lowest BCUT2D eigenvalue weighted by Gasteiger charge is -2.40. The largest absolute Gasteiger partial charge is 0.465 e. The van der Waals surface area contributed by atoms with Crippen LogP contribution in [0.3, 0.4) is 0 Å². The third kappa shape index (κ3) is 4.64. The van der Waals surface area contributed by atoms with Crippen LogP contribution in [-0.4, -0.2) is 64.5 Å². The van der Waals surface area contributed by atoms with E-state index in [1.54, 1.807) is 6.07 Å². The van der Waals surface area contributed by atoms with E-state index in [0.717, 1.165) is 22.3 Å². The van der Waals surface area contributed by atoms with E-state index in [2.05, 4.69) is 0 Å². The topological polar surface area (TPSA) is 116 Å². The van der Waals surface area contributed by atoms with Crippen LogP contribution >= 0.6 is 0 Å². The summed E-state index contributed by atoms with van der Waals surface area (Å²) < 4.78 is 10.7. The van der Waals surface area contributed by atoms with E-state index in [9.17, 15) is 25.2 Å². The first kappa shape index (κ1) is 23.4. The van der Waals surface area contributed by atoms with Crippen molar-refractivity contribution in [1.29, 1.82) is 0 Å². The van der Waals surface area contributed by atoms with Crippen LogP contribution in [0.25, 0.3) is 11.1 Å². The number of aliphatic hydroxyl groups is 4. The number of esters is 1. The normalized spacial score (nSPS) is 25.2. The van der Waals surface area contributed by atoms with Crippen molar-refractivity contribution in [3.63, 3.8) is 0 Å². The SMILES string of the molecule is COC(=O)c1c(CCc2cccc([C@@H]3O[C@H](CO)[C@@H](O)[C@H](O)[C@H]3O)c2)cc2cccccc1-2. The van der Waals surface area contributed by atoms with Gasteiger partial charge in [-0.05, 0) is 40.7 Å². The minimum Gasteiger partial charge on any atom is -0.465 e. The fourth-order valence-corrected chi connectivity index (χ4v) is 4.47. The molecule has 7 nitrogen and oxygen atoms in total. The Hall–Kier alpha value is -2.81. The number of fused-ring (bicyclic) bond motifs is 1. The molecule has 7 heteroatoms. The quantitative estimate of drug-likeness (QED) is 0.422. The molecule has 1 aliphatic heterocycles. The Morgan fingerprint density at radius 1 is 0.939 bits per heavy atom. The second-order valence-electron chi connectivity index (χ2n) is 8.31. The maximum Gasteiger partial charge on any atom is 0.338 e. The number of aryl methyl sites for hydroxylation is 2. The molecule has 1 fully saturated rings. The van der Waals surface area contributed by atoms with Crippen molar-refractivity contribution in [2.45, 2.75) is 43.4 Å². The molecule has 0 amide bonds. The van der Waals surface area contributed by atoms with E-state index in [4.69, 9.17) is 9.47 Å². The maximum absolute atomic E-state index is 12.5. The van der Waals surface area contributed by atoms with Gasteiger partial charge in [-0.2, -0.15) is 0 Å². The summed E-state index contributed by atoms with van der Waals surface area (Å²) in [5.74, 6) is -0.374. The summed E-state index contributed by atoms with van der Waals surface area (Å²) in [4.78, 5) is 12.5. The lowest BCUT2D eigenvalue weighted by Crippen LogP contribution is -2.55. The minimum absolute atomic E-state index is 0.374. The summed E-state index contributed by atoms with van der Waals surface area (Å²) >= 11 is 0. The number of rotatable bonds is 6. The third-order valence-corrected chi connectivity index (χ3v) is 6.24. The van der Waals surface area contributed by atoms with Gasteiger partial charge in [0.05, 0.1) is 19.3 Å². The molecule has 1 aromatic carbocycles. The van der Waals surface area contributed by atoms with E-state index < -0.39 is 37.1 Å². The van der Waals surface area contributed by atoms with Gasteiger partial charge in [-0.15, -0.1) is 0 Å². The van der Waals surface area contributed by atoms with Gasteiger partial charge >= 0.3 is 5.97 Å². The second-order valence-corrected chi connectivity index (χ2v) is 8.31. The van der Waals surface area contributed by atoms with Gasteiger partial charge in [-0.3, -0.25) is 0 Å². The number of ether oxygens (including phenoxy) is 2. The van der Waals surface area contributed by atoms with Gasteiger partial charge < -0.3 is 29.9 Å². The van der Waals surface area contributed by atoms with Crippen molar-refractivity contribution in [3.8, 4) is 11.1 Å². The second kappa shape index (κ2) is 9.99. The average molecular weight is 453 g/mol. The number of carbonyl (C=O) groups is 1. The van der Waals surface area contributed by atoms with Crippen LogP contribution in [0.2, 0.25) is 0 Å². The summed E-state index contributed by atoms with van der Waals surface area (Å²) in [6.07, 6.45) is -4.77. The van der Waals surface area contributed by atoms with E-state index in [-0.39, 0.29) is 5.97 Å². The molecule has 0 aromatic heterocycles. The monoisotopic (exact) mass is 452 g/mol. The number of carbonyl (C=O) groups excluding carboxylic acids is 1. The number of benzene rings is 1. The predicted octanol–water partition coefficient (Wildman–Crippen LogP) is 1.88. The van der Waals surface area contributed by atoms with E-state index in [0.29, 0.717) is 24.0 Å². The standard InChI is InChI=1S/C26H28O7/c1-32-26(31)21-17(13-16-7-3-2-4-9-19(16)21)11-10-15-6-5-8-18(12-15)25-24(30)23(29)22(28)20(14-27)33-25/h2-9,12-13,20,22-25,27-30H,10-11,14H2,1H3/t20-,22-,23+,24-,25+/m1/s1. The molecular weight excluding hydrogens is 424 g/mol. The number of hydrogen-bond donors (Lipinski definition) is 4. The van der Waals surface area contributed by atoms with Crippen molar-refractivity contribution in [2.24, 2.45) is 0 Å². The molecule has 0 bridgehead atoms. The van der Waals surface area contributed by atoms with Crippen molar-refractivity contribution < 1.29 is 34.7 Å². The molecule has 0 unspecified atom stereocenters. The molecule has 1 aromatic rings.